The summed E-state index contributed by atoms with van der Waals surface area (Å²) in [4.78, 5) is 8.02. The number of fused-ring (bicyclic) bond motifs is 1. The highest BCUT2D eigenvalue weighted by molar-refractivity contribution is 7.99. The van der Waals surface area contributed by atoms with Crippen LogP contribution in [-0.4, -0.2) is 83.4 Å². The van der Waals surface area contributed by atoms with E-state index in [0.29, 0.717) is 0 Å². The predicted octanol–water partition coefficient (Wildman–Crippen LogP) is 2.18. The molecule has 2 heterocycles. The summed E-state index contributed by atoms with van der Waals surface area (Å²) in [5.74, 6) is -4.24. The van der Waals surface area contributed by atoms with E-state index in [0.717, 1.165) is 13.8 Å². The molecule has 5 rings (SSSR count). The molecule has 2 aromatic heterocycles. The molecule has 2 saturated carbocycles. The van der Waals surface area contributed by atoms with Gasteiger partial charge in [0.05, 0.1) is 39.0 Å². The average molecular weight is 536 g/mol. The molecule has 4 N–H and O–H groups in total. The molecular formula is C24H31FN6O4S. The Hall–Kier alpha value is -2.38. The minimum absolute atomic E-state index is 0.00642. The van der Waals surface area contributed by atoms with E-state index in [1.807, 2.05) is 0 Å². The van der Waals surface area contributed by atoms with Crippen molar-refractivity contribution in [3.05, 3.63) is 35.1 Å². The molecule has 0 spiro atoms. The van der Waals surface area contributed by atoms with Gasteiger partial charge in [0.1, 0.15) is 18.0 Å². The number of ether oxygens (including phenoxy) is 1. The predicted molar refractivity (Wildman–Crippen MR) is 133 cm³/mol. The number of aliphatic hydroxyl groups is 3. The highest BCUT2D eigenvalue weighted by atomic mass is 32.2. The second-order valence-electron chi connectivity index (χ2n) is 7.33. The van der Waals surface area contributed by atoms with Crippen molar-refractivity contribution in [2.24, 2.45) is 0 Å². The number of rotatable bonds is 10. The topological polar surface area (TPSA) is 138 Å². The second-order valence-corrected chi connectivity index (χ2v) is 8.11. The van der Waals surface area contributed by atoms with E-state index in [-0.39, 0.29) is 22.0 Å². The average Bonchev–Trinajstić information content (AvgIpc) is 3.30. The number of benzene rings is 1. The Labute approximate surface area is 236 Å². The Morgan fingerprint density at radius 2 is 2.22 bits per heavy atom. The molecule has 2 aliphatic carbocycles. The second kappa shape index (κ2) is 10.5. The third kappa shape index (κ3) is 4.92. The smallest absolute Gasteiger partial charge is 0.191 e. The molecule has 36 heavy (non-hydrogen) atoms. The maximum Gasteiger partial charge on any atom is 0.191 e. The summed E-state index contributed by atoms with van der Waals surface area (Å²) in [6.07, 6.45) is -20.0. The number of nitrogens with zero attached hydrogens (tertiary/aromatic N) is 5. The molecule has 0 unspecified atom stereocenters. The first-order valence-electron chi connectivity index (χ1n) is 18.8. The standard InChI is InChI=1S/C24H31FN6O4S/c1-3-8-36-24-27-22(26-16-10-14(16)13-5-4-12(2)15(25)9-13)19-23(28-24)31(30-29-19)17-11-18(35-7-6-32)21(34)20(17)33/h4-5,9,14,16-18,20-21,32-34H,3,6-8,10-11H2,1-2H3,(H,26,27,28)/t14-,16+,17+,18-,20-,21+/m0/s1/i3D2,4D,5D,7D2,8D2,9D,11D2,14D,16D,17D,18D,20D,21D. The van der Waals surface area contributed by atoms with Crippen molar-refractivity contribution >= 4 is 28.7 Å². The van der Waals surface area contributed by atoms with Gasteiger partial charge in [0, 0.05) is 33.6 Å². The van der Waals surface area contributed by atoms with Crippen LogP contribution in [0.2, 0.25) is 0 Å². The Bertz CT molecular complexity index is 1990. The minimum Gasteiger partial charge on any atom is -0.394 e. The molecule has 0 bridgehead atoms. The van der Waals surface area contributed by atoms with E-state index in [9.17, 15) is 19.7 Å². The first kappa shape index (κ1) is 12.0. The molecule has 3 aromatic rings. The molecule has 6 atom stereocenters. The molecule has 0 amide bonds. The zero-order valence-electron chi connectivity index (χ0n) is 35.7. The fourth-order valence-electron chi connectivity index (χ4n) is 3.18. The zero-order chi connectivity index (χ0) is 40.7. The maximum absolute atomic E-state index is 14.9. The monoisotopic (exact) mass is 535 g/mol. The van der Waals surface area contributed by atoms with Crippen molar-refractivity contribution in [2.75, 3.05) is 24.2 Å². The molecule has 1 aromatic carbocycles. The van der Waals surface area contributed by atoms with E-state index in [2.05, 4.69) is 30.3 Å². The summed E-state index contributed by atoms with van der Waals surface area (Å²) in [5.41, 5.74) is -5.54. The summed E-state index contributed by atoms with van der Waals surface area (Å²) in [6.45, 7) is -2.98. The van der Waals surface area contributed by atoms with Crippen molar-refractivity contribution in [3.63, 3.8) is 0 Å². The van der Waals surface area contributed by atoms with Gasteiger partial charge in [-0.1, -0.05) is 36.0 Å². The van der Waals surface area contributed by atoms with Gasteiger partial charge in [-0.05, 0) is 36.9 Å². The maximum atomic E-state index is 14.9. The summed E-state index contributed by atoms with van der Waals surface area (Å²) >= 11 is -0.00642. The van der Waals surface area contributed by atoms with Crippen LogP contribution >= 0.6 is 11.8 Å². The molecule has 194 valence electrons. The van der Waals surface area contributed by atoms with Crippen LogP contribution in [0.15, 0.2) is 23.3 Å². The van der Waals surface area contributed by atoms with E-state index < -0.39 is 126 Å². The molecule has 12 heteroatoms. The Morgan fingerprint density at radius 3 is 3.00 bits per heavy atom. The number of aromatic nitrogens is 5. The van der Waals surface area contributed by atoms with Crippen molar-refractivity contribution < 1.29 is 47.7 Å². The minimum atomic E-state index is -4.28. The van der Waals surface area contributed by atoms with Gasteiger partial charge in [-0.2, -0.15) is 0 Å². The first-order chi connectivity index (χ1) is 23.7. The van der Waals surface area contributed by atoms with E-state index in [4.69, 9.17) is 23.3 Å². The number of hydrogen-bond donors (Lipinski definition) is 4. The van der Waals surface area contributed by atoms with Crippen molar-refractivity contribution in [1.29, 1.82) is 0 Å². The summed E-state index contributed by atoms with van der Waals surface area (Å²) < 4.78 is 162. The number of nitrogens with one attached hydrogen (secondary N) is 1. The van der Waals surface area contributed by atoms with Crippen LogP contribution in [0.25, 0.3) is 11.2 Å². The number of halogens is 1. The molecule has 0 saturated heterocycles. The molecule has 2 aliphatic rings. The van der Waals surface area contributed by atoms with Crippen molar-refractivity contribution in [3.8, 4) is 0 Å². The van der Waals surface area contributed by atoms with Crippen LogP contribution in [0.1, 0.15) is 72.4 Å². The normalized spacial score (nSPS) is 49.3. The molecule has 0 radical (unpaired) electrons. The lowest BCUT2D eigenvalue weighted by Crippen LogP contribution is -2.33. The van der Waals surface area contributed by atoms with Crippen LogP contribution in [-0.2, 0) is 4.74 Å². The molecule has 10 nitrogen and oxygen atoms in total. The van der Waals surface area contributed by atoms with Crippen LogP contribution in [0.5, 0.6) is 0 Å². The molecule has 0 aliphatic heterocycles. The van der Waals surface area contributed by atoms with Crippen LogP contribution < -0.4 is 5.32 Å². The lowest BCUT2D eigenvalue weighted by Gasteiger charge is -2.17. The van der Waals surface area contributed by atoms with Gasteiger partial charge in [-0.15, -0.1) is 5.10 Å². The highest BCUT2D eigenvalue weighted by Crippen LogP contribution is 2.44. The van der Waals surface area contributed by atoms with E-state index in [1.54, 1.807) is 0 Å². The van der Waals surface area contributed by atoms with Gasteiger partial charge < -0.3 is 25.4 Å². The number of anilines is 1. The molecule has 2 fully saturated rings. The molecular weight excluding hydrogens is 487 g/mol. The lowest BCUT2D eigenvalue weighted by atomic mass is 10.1. The van der Waals surface area contributed by atoms with Crippen LogP contribution in [0, 0.1) is 12.7 Å². The van der Waals surface area contributed by atoms with Crippen LogP contribution in [0.3, 0.4) is 0 Å². The number of aliphatic hydroxyl groups excluding tert-OH is 1. The van der Waals surface area contributed by atoms with Gasteiger partial charge >= 0.3 is 0 Å². The highest BCUT2D eigenvalue weighted by Gasteiger charge is 2.45. The van der Waals surface area contributed by atoms with E-state index >= 15 is 0 Å². The van der Waals surface area contributed by atoms with E-state index in [1.165, 1.54) is 0 Å². The third-order valence-electron chi connectivity index (χ3n) is 4.97. The fraction of sp³-hybridized carbons (Fsp3) is 0.583. The van der Waals surface area contributed by atoms with Gasteiger partial charge in [0.2, 0.25) is 0 Å². The summed E-state index contributed by atoms with van der Waals surface area (Å²) in [6, 6.07) is -8.65. The SMILES string of the molecule is [2H]c1c([2H])c([C@]2([2H])C[C@@]2([2H])Nc2nc(SC([2H])([2H])C([2H])([2H])C)nc3c2nnn3[C@]2([2H])C([2H])([2H])[C@]([2H])(OC([2H])([2H])CO)[C@@]([2H])(O)[C@@]2([2H])O)c([2H])c(F)c1C. The van der Waals surface area contributed by atoms with Crippen molar-refractivity contribution in [2.45, 2.75) is 74.3 Å². The number of thioether (sulfide) groups is 1. The van der Waals surface area contributed by atoms with Gasteiger partial charge in [-0.25, -0.2) is 19.0 Å². The van der Waals surface area contributed by atoms with Crippen molar-refractivity contribution in [1.82, 2.24) is 25.0 Å². The first-order valence-corrected chi connectivity index (χ1v) is 11.1. The third-order valence-corrected chi connectivity index (χ3v) is 5.64. The Morgan fingerprint density at radius 1 is 1.39 bits per heavy atom. The van der Waals surface area contributed by atoms with Crippen LogP contribution in [0.4, 0.5) is 10.2 Å². The summed E-state index contributed by atoms with van der Waals surface area (Å²) in [7, 11) is 0. The lowest BCUT2D eigenvalue weighted by molar-refractivity contribution is -0.0629. The Balaban J connectivity index is 1.75. The Kier molecular flexibility index (Phi) is 3.51. The number of hydrogen-bond acceptors (Lipinski definition) is 10. The van der Waals surface area contributed by atoms with Gasteiger partial charge in [0.25, 0.3) is 0 Å². The van der Waals surface area contributed by atoms with Gasteiger partial charge in [-0.3, -0.25) is 0 Å². The quantitative estimate of drug-likeness (QED) is 0.226. The largest absolute Gasteiger partial charge is 0.394 e. The van der Waals surface area contributed by atoms with Gasteiger partial charge in [0.15, 0.2) is 22.1 Å². The zero-order valence-corrected chi connectivity index (χ0v) is 19.5. The summed E-state index contributed by atoms with van der Waals surface area (Å²) in [5, 5.41) is 40.6. The fourth-order valence-corrected chi connectivity index (χ4v) is 3.65.